The van der Waals surface area contributed by atoms with Crippen LogP contribution in [0.4, 0.5) is 8.78 Å². The van der Waals surface area contributed by atoms with Crippen LogP contribution in [-0.4, -0.2) is 37.4 Å². The highest BCUT2D eigenvalue weighted by atomic mass is 19.3. The molecule has 0 spiro atoms. The van der Waals surface area contributed by atoms with Crippen molar-refractivity contribution < 1.29 is 28.2 Å². The van der Waals surface area contributed by atoms with E-state index in [1.165, 1.54) is 18.2 Å². The Kier molecular flexibility index (Phi) is 10.8. The minimum Gasteiger partial charge on any atom is -0.489 e. The van der Waals surface area contributed by atoms with Crippen molar-refractivity contribution in [3.8, 4) is 5.75 Å². The van der Waals surface area contributed by atoms with E-state index in [1.54, 1.807) is 6.07 Å². The third-order valence-corrected chi connectivity index (χ3v) is 2.98. The maximum absolute atomic E-state index is 12.2. The SMILES string of the molecule is CC.CO.N=C(C1=C(N)CC(C=O)CO1)c1cccc(OC(F)F)c1. The number of rotatable bonds is 5. The summed E-state index contributed by atoms with van der Waals surface area (Å²) < 4.78 is 34.0. The highest BCUT2D eigenvalue weighted by molar-refractivity contribution is 6.09. The number of benzene rings is 1. The first-order valence-electron chi connectivity index (χ1n) is 7.67. The van der Waals surface area contributed by atoms with E-state index in [9.17, 15) is 13.6 Å². The van der Waals surface area contributed by atoms with Crippen LogP contribution in [0, 0.1) is 11.3 Å². The normalized spacial score (nSPS) is 15.9. The van der Waals surface area contributed by atoms with Crippen molar-refractivity contribution in [3.05, 3.63) is 41.3 Å². The molecule has 6 nitrogen and oxygen atoms in total. The van der Waals surface area contributed by atoms with Gasteiger partial charge in [0.25, 0.3) is 0 Å². The summed E-state index contributed by atoms with van der Waals surface area (Å²) in [6, 6.07) is 5.74. The van der Waals surface area contributed by atoms with Crippen LogP contribution >= 0.6 is 0 Å². The number of carbonyl (C=O) groups excluding carboxylic acids is 1. The molecule has 0 fully saturated rings. The summed E-state index contributed by atoms with van der Waals surface area (Å²) in [6.45, 7) is 1.22. The summed E-state index contributed by atoms with van der Waals surface area (Å²) >= 11 is 0. The van der Waals surface area contributed by atoms with Crippen molar-refractivity contribution in [2.45, 2.75) is 26.9 Å². The third kappa shape index (κ3) is 6.88. The molecule has 0 bridgehead atoms. The van der Waals surface area contributed by atoms with Crippen LogP contribution in [0.1, 0.15) is 25.8 Å². The monoisotopic (exact) mass is 358 g/mol. The van der Waals surface area contributed by atoms with Crippen molar-refractivity contribution in [2.24, 2.45) is 11.7 Å². The average Bonchev–Trinajstić information content (AvgIpc) is 2.64. The zero-order chi connectivity index (χ0) is 19.4. The number of allylic oxidation sites excluding steroid dienone is 2. The first kappa shape index (κ1) is 22.5. The fraction of sp³-hybridized carbons (Fsp3) is 0.412. The Balaban J connectivity index is 0.00000134. The number of carbonyl (C=O) groups is 1. The van der Waals surface area contributed by atoms with Gasteiger partial charge < -0.3 is 25.1 Å². The molecule has 25 heavy (non-hydrogen) atoms. The van der Waals surface area contributed by atoms with Gasteiger partial charge in [0.05, 0.1) is 18.2 Å². The van der Waals surface area contributed by atoms with Crippen molar-refractivity contribution in [1.82, 2.24) is 0 Å². The molecule has 1 aromatic carbocycles. The van der Waals surface area contributed by atoms with Crippen LogP contribution in [-0.2, 0) is 9.53 Å². The lowest BCUT2D eigenvalue weighted by Crippen LogP contribution is -2.26. The Bertz CT molecular complexity index is 592. The zero-order valence-corrected chi connectivity index (χ0v) is 14.5. The fourth-order valence-corrected chi connectivity index (χ4v) is 2.00. The molecule has 1 heterocycles. The van der Waals surface area contributed by atoms with Crippen LogP contribution in [0.2, 0.25) is 0 Å². The first-order valence-corrected chi connectivity index (χ1v) is 7.67. The minimum atomic E-state index is -2.93. The van der Waals surface area contributed by atoms with Gasteiger partial charge in [-0.1, -0.05) is 26.0 Å². The molecule has 0 radical (unpaired) electrons. The molecule has 8 heteroatoms. The van der Waals surface area contributed by atoms with Gasteiger partial charge >= 0.3 is 6.61 Å². The Morgan fingerprint density at radius 2 is 2.08 bits per heavy atom. The van der Waals surface area contributed by atoms with Gasteiger partial charge in [0, 0.05) is 19.1 Å². The molecule has 1 unspecified atom stereocenters. The van der Waals surface area contributed by atoms with Crippen molar-refractivity contribution in [2.75, 3.05) is 13.7 Å². The van der Waals surface area contributed by atoms with Gasteiger partial charge in [0.1, 0.15) is 17.7 Å². The second kappa shape index (κ2) is 12.0. The van der Waals surface area contributed by atoms with Gasteiger partial charge in [0.15, 0.2) is 5.76 Å². The summed E-state index contributed by atoms with van der Waals surface area (Å²) in [5.41, 5.74) is 6.41. The van der Waals surface area contributed by atoms with Gasteiger partial charge in [-0.25, -0.2) is 0 Å². The Labute approximate surface area is 145 Å². The third-order valence-electron chi connectivity index (χ3n) is 2.98. The minimum absolute atomic E-state index is 0.0310. The Morgan fingerprint density at radius 3 is 2.60 bits per heavy atom. The molecule has 4 N–H and O–H groups in total. The number of nitrogens with one attached hydrogen (secondary N) is 1. The first-order chi connectivity index (χ1) is 12.0. The molecule has 0 aliphatic carbocycles. The maximum Gasteiger partial charge on any atom is 0.387 e. The van der Waals surface area contributed by atoms with Gasteiger partial charge in [-0.05, 0) is 12.1 Å². The predicted octanol–water partition coefficient (Wildman–Crippen LogP) is 2.70. The number of aliphatic hydroxyl groups excluding tert-OH is 1. The number of nitrogens with two attached hydrogens (primary N) is 1. The topological polar surface area (TPSA) is 106 Å². The van der Waals surface area contributed by atoms with E-state index < -0.39 is 6.61 Å². The molecule has 0 saturated heterocycles. The van der Waals surface area contributed by atoms with Crippen LogP contribution in [0.3, 0.4) is 0 Å². The fourth-order valence-electron chi connectivity index (χ4n) is 2.00. The molecule has 1 atom stereocenters. The molecule has 1 aliphatic heterocycles. The van der Waals surface area contributed by atoms with Crippen LogP contribution < -0.4 is 10.5 Å². The zero-order valence-electron chi connectivity index (χ0n) is 14.5. The lowest BCUT2D eigenvalue weighted by Gasteiger charge is -2.23. The molecule has 0 aromatic heterocycles. The molecule has 0 amide bonds. The summed E-state index contributed by atoms with van der Waals surface area (Å²) in [5.74, 6) is -0.203. The van der Waals surface area contributed by atoms with Crippen LogP contribution in [0.15, 0.2) is 35.7 Å². The van der Waals surface area contributed by atoms with Crippen molar-refractivity contribution in [1.29, 1.82) is 5.41 Å². The quantitative estimate of drug-likeness (QED) is 0.554. The van der Waals surface area contributed by atoms with E-state index in [2.05, 4.69) is 4.74 Å². The van der Waals surface area contributed by atoms with Crippen LogP contribution in [0.5, 0.6) is 5.75 Å². The Hall–Kier alpha value is -2.48. The van der Waals surface area contributed by atoms with E-state index >= 15 is 0 Å². The van der Waals surface area contributed by atoms with E-state index in [1.807, 2.05) is 13.8 Å². The van der Waals surface area contributed by atoms with E-state index in [0.29, 0.717) is 17.7 Å². The molecule has 2 rings (SSSR count). The summed E-state index contributed by atoms with van der Waals surface area (Å²) in [5, 5.41) is 15.1. The number of halogens is 2. The number of ether oxygens (including phenoxy) is 2. The Morgan fingerprint density at radius 1 is 1.44 bits per heavy atom. The van der Waals surface area contributed by atoms with Crippen LogP contribution in [0.25, 0.3) is 0 Å². The second-order valence-corrected chi connectivity index (χ2v) is 4.55. The number of aldehydes is 1. The molecule has 1 aromatic rings. The van der Waals surface area contributed by atoms with Gasteiger partial charge in [-0.15, -0.1) is 0 Å². The van der Waals surface area contributed by atoms with E-state index in [4.69, 9.17) is 21.0 Å². The average molecular weight is 358 g/mol. The lowest BCUT2D eigenvalue weighted by molar-refractivity contribution is -0.112. The molecular formula is C17H24F2N2O4. The number of aliphatic hydroxyl groups is 1. The highest BCUT2D eigenvalue weighted by Crippen LogP contribution is 2.24. The van der Waals surface area contributed by atoms with Gasteiger partial charge in [-0.3, -0.25) is 5.41 Å². The number of alkyl halides is 2. The highest BCUT2D eigenvalue weighted by Gasteiger charge is 2.23. The summed E-state index contributed by atoms with van der Waals surface area (Å²) in [7, 11) is 1.00. The number of hydrogen-bond acceptors (Lipinski definition) is 6. The second-order valence-electron chi connectivity index (χ2n) is 4.55. The smallest absolute Gasteiger partial charge is 0.387 e. The summed E-state index contributed by atoms with van der Waals surface area (Å²) in [6.07, 6.45) is 1.07. The molecule has 1 aliphatic rings. The maximum atomic E-state index is 12.2. The van der Waals surface area contributed by atoms with E-state index in [0.717, 1.165) is 13.4 Å². The van der Waals surface area contributed by atoms with Crippen molar-refractivity contribution >= 4 is 12.0 Å². The standard InChI is InChI=1S/C14H14F2N2O3.C2H6.CH4O/c15-14(16)21-10-3-1-2-9(5-10)12(18)13-11(17)4-8(6-19)7-20-13;2*1-2/h1-3,5-6,8,14,18H,4,7,17H2;1-2H3;2H,1H3. The molecular weight excluding hydrogens is 334 g/mol. The van der Waals surface area contributed by atoms with Gasteiger partial charge in [0.2, 0.25) is 0 Å². The molecule has 140 valence electrons. The van der Waals surface area contributed by atoms with Gasteiger partial charge in [-0.2, -0.15) is 8.78 Å². The largest absolute Gasteiger partial charge is 0.489 e. The lowest BCUT2D eigenvalue weighted by atomic mass is 9.99. The number of hydrogen-bond donors (Lipinski definition) is 3. The molecule has 0 saturated carbocycles. The van der Waals surface area contributed by atoms with Crippen molar-refractivity contribution in [3.63, 3.8) is 0 Å². The summed E-state index contributed by atoms with van der Waals surface area (Å²) in [4.78, 5) is 10.7. The predicted molar refractivity (Wildman–Crippen MR) is 90.7 cm³/mol. The van der Waals surface area contributed by atoms with E-state index in [-0.39, 0.29) is 29.7 Å².